The molecule has 160 valence electrons. The van der Waals surface area contributed by atoms with Gasteiger partial charge in [-0.15, -0.1) is 0 Å². The molecule has 0 fully saturated rings. The van der Waals surface area contributed by atoms with Gasteiger partial charge < -0.3 is 9.47 Å². The molecule has 1 amide bonds. The Morgan fingerprint density at radius 2 is 1.87 bits per heavy atom. The van der Waals surface area contributed by atoms with Crippen LogP contribution in [0.3, 0.4) is 0 Å². The highest BCUT2D eigenvalue weighted by Crippen LogP contribution is 2.37. The lowest BCUT2D eigenvalue weighted by atomic mass is 10.1. The lowest BCUT2D eigenvalue weighted by Gasteiger charge is -2.14. The minimum absolute atomic E-state index is 0.204. The van der Waals surface area contributed by atoms with E-state index in [0.29, 0.717) is 27.6 Å². The standard InChI is InChI=1S/C23H19Br2ClN2O3/c1-30-21-11-16(13-27-28-22(29)12-15-6-8-18(24)9-7-15)10-19(25)23(21)31-14-17-4-2-3-5-20(17)26/h2-11,13H,12,14H2,1H3,(H,28,29)/b27-13+. The summed E-state index contributed by atoms with van der Waals surface area (Å²) < 4.78 is 13.0. The normalized spacial score (nSPS) is 10.8. The predicted octanol–water partition coefficient (Wildman–Crippen LogP) is 6.15. The van der Waals surface area contributed by atoms with Crippen molar-refractivity contribution in [3.05, 3.63) is 91.3 Å². The summed E-state index contributed by atoms with van der Waals surface area (Å²) in [6, 6.07) is 18.7. The highest BCUT2D eigenvalue weighted by molar-refractivity contribution is 9.10. The number of methoxy groups -OCH3 is 1. The largest absolute Gasteiger partial charge is 0.493 e. The van der Waals surface area contributed by atoms with Crippen molar-refractivity contribution >= 4 is 55.6 Å². The SMILES string of the molecule is COc1cc(/C=N/NC(=O)Cc2ccc(Br)cc2)cc(Br)c1OCc1ccccc1Cl. The number of carbonyl (C=O) groups is 1. The highest BCUT2D eigenvalue weighted by atomic mass is 79.9. The molecule has 3 aromatic carbocycles. The van der Waals surface area contributed by atoms with E-state index in [9.17, 15) is 4.79 Å². The van der Waals surface area contributed by atoms with E-state index in [1.807, 2.05) is 54.6 Å². The Morgan fingerprint density at radius 1 is 1.13 bits per heavy atom. The Balaban J connectivity index is 1.64. The molecule has 0 atom stereocenters. The molecule has 0 saturated carbocycles. The van der Waals surface area contributed by atoms with Crippen LogP contribution < -0.4 is 14.9 Å². The molecule has 0 bridgehead atoms. The number of nitrogens with one attached hydrogen (secondary N) is 1. The first-order valence-corrected chi connectivity index (χ1v) is 11.2. The first-order valence-electron chi connectivity index (χ1n) is 9.26. The van der Waals surface area contributed by atoms with Crippen molar-refractivity contribution in [2.75, 3.05) is 7.11 Å². The number of amides is 1. The van der Waals surface area contributed by atoms with Gasteiger partial charge in [-0.3, -0.25) is 4.79 Å². The number of benzene rings is 3. The lowest BCUT2D eigenvalue weighted by molar-refractivity contribution is -0.120. The average Bonchev–Trinajstić information content (AvgIpc) is 2.75. The van der Waals surface area contributed by atoms with Crippen molar-refractivity contribution in [1.29, 1.82) is 0 Å². The van der Waals surface area contributed by atoms with Crippen LogP contribution in [-0.2, 0) is 17.8 Å². The second-order valence-electron chi connectivity index (χ2n) is 6.51. The van der Waals surface area contributed by atoms with Gasteiger partial charge in [-0.05, 0) is 57.4 Å². The first-order chi connectivity index (χ1) is 15.0. The van der Waals surface area contributed by atoms with Crippen LogP contribution in [0.1, 0.15) is 16.7 Å². The first kappa shape index (κ1) is 23.3. The van der Waals surface area contributed by atoms with Gasteiger partial charge >= 0.3 is 0 Å². The van der Waals surface area contributed by atoms with E-state index in [1.165, 1.54) is 0 Å². The molecule has 0 radical (unpaired) electrons. The van der Waals surface area contributed by atoms with Gasteiger partial charge in [-0.1, -0.05) is 57.9 Å². The number of halogens is 3. The molecule has 0 saturated heterocycles. The Labute approximate surface area is 202 Å². The Kier molecular flexibility index (Phi) is 8.51. The van der Waals surface area contributed by atoms with E-state index in [2.05, 4.69) is 42.4 Å². The van der Waals surface area contributed by atoms with Gasteiger partial charge in [0.2, 0.25) is 5.91 Å². The predicted molar refractivity (Wildman–Crippen MR) is 130 cm³/mol. The summed E-state index contributed by atoms with van der Waals surface area (Å²) in [6.45, 7) is 0.300. The molecule has 0 unspecified atom stereocenters. The number of ether oxygens (including phenoxy) is 2. The molecule has 0 heterocycles. The van der Waals surface area contributed by atoms with Crippen LogP contribution in [0.15, 0.2) is 74.7 Å². The maximum atomic E-state index is 12.1. The van der Waals surface area contributed by atoms with E-state index in [1.54, 1.807) is 19.4 Å². The number of rotatable bonds is 8. The van der Waals surface area contributed by atoms with E-state index >= 15 is 0 Å². The van der Waals surface area contributed by atoms with Gasteiger partial charge in [-0.25, -0.2) is 5.43 Å². The molecular weight excluding hydrogens is 548 g/mol. The Bertz CT molecular complexity index is 1090. The summed E-state index contributed by atoms with van der Waals surface area (Å²) in [5.74, 6) is 0.882. The zero-order chi connectivity index (χ0) is 22.2. The maximum Gasteiger partial charge on any atom is 0.244 e. The van der Waals surface area contributed by atoms with E-state index in [4.69, 9.17) is 21.1 Å². The Hall–Kier alpha value is -2.35. The quantitative estimate of drug-likeness (QED) is 0.263. The summed E-state index contributed by atoms with van der Waals surface area (Å²) in [5, 5.41) is 4.68. The van der Waals surface area contributed by atoms with Crippen LogP contribution >= 0.6 is 43.5 Å². The van der Waals surface area contributed by atoms with Gasteiger partial charge in [0.15, 0.2) is 11.5 Å². The van der Waals surface area contributed by atoms with E-state index < -0.39 is 0 Å². The van der Waals surface area contributed by atoms with Crippen LogP contribution in [0.25, 0.3) is 0 Å². The molecule has 3 aromatic rings. The molecule has 5 nitrogen and oxygen atoms in total. The summed E-state index contributed by atoms with van der Waals surface area (Å²) in [4.78, 5) is 12.1. The second-order valence-corrected chi connectivity index (χ2v) is 8.69. The zero-order valence-electron chi connectivity index (χ0n) is 16.6. The van der Waals surface area contributed by atoms with Gasteiger partial charge in [0.05, 0.1) is 24.2 Å². The molecule has 8 heteroatoms. The van der Waals surface area contributed by atoms with Crippen molar-refractivity contribution < 1.29 is 14.3 Å². The topological polar surface area (TPSA) is 59.9 Å². The number of carbonyl (C=O) groups excluding carboxylic acids is 1. The molecule has 31 heavy (non-hydrogen) atoms. The molecule has 0 aliphatic carbocycles. The summed E-state index contributed by atoms with van der Waals surface area (Å²) >= 11 is 13.1. The number of hydrogen-bond acceptors (Lipinski definition) is 4. The van der Waals surface area contributed by atoms with E-state index in [-0.39, 0.29) is 12.3 Å². The smallest absolute Gasteiger partial charge is 0.244 e. The van der Waals surface area contributed by atoms with Crippen LogP contribution in [-0.4, -0.2) is 19.2 Å². The minimum atomic E-state index is -0.204. The third kappa shape index (κ3) is 6.82. The van der Waals surface area contributed by atoms with Crippen LogP contribution in [0.5, 0.6) is 11.5 Å². The highest BCUT2D eigenvalue weighted by Gasteiger charge is 2.12. The number of hydrogen-bond donors (Lipinski definition) is 1. The van der Waals surface area contributed by atoms with Crippen LogP contribution in [0, 0.1) is 0 Å². The average molecular weight is 567 g/mol. The monoisotopic (exact) mass is 564 g/mol. The Morgan fingerprint density at radius 3 is 2.58 bits per heavy atom. The molecule has 0 spiro atoms. The van der Waals surface area contributed by atoms with Crippen molar-refractivity contribution in [3.8, 4) is 11.5 Å². The van der Waals surface area contributed by atoms with E-state index in [0.717, 1.165) is 21.2 Å². The molecule has 1 N–H and O–H groups in total. The van der Waals surface area contributed by atoms with Gasteiger partial charge in [0.25, 0.3) is 0 Å². The zero-order valence-corrected chi connectivity index (χ0v) is 20.5. The molecular formula is C23H19Br2ClN2O3. The third-order valence-electron chi connectivity index (χ3n) is 4.26. The van der Waals surface area contributed by atoms with Crippen molar-refractivity contribution in [2.45, 2.75) is 13.0 Å². The van der Waals surface area contributed by atoms with Crippen molar-refractivity contribution in [2.24, 2.45) is 5.10 Å². The maximum absolute atomic E-state index is 12.1. The number of nitrogens with zero attached hydrogens (tertiary/aromatic N) is 1. The fourth-order valence-corrected chi connectivity index (χ4v) is 3.75. The minimum Gasteiger partial charge on any atom is -0.493 e. The fourth-order valence-electron chi connectivity index (χ4n) is 2.73. The van der Waals surface area contributed by atoms with Gasteiger partial charge in [0, 0.05) is 15.1 Å². The summed E-state index contributed by atoms with van der Waals surface area (Å²) in [5.41, 5.74) is 5.05. The van der Waals surface area contributed by atoms with Crippen LogP contribution in [0.4, 0.5) is 0 Å². The van der Waals surface area contributed by atoms with Crippen molar-refractivity contribution in [3.63, 3.8) is 0 Å². The third-order valence-corrected chi connectivity index (χ3v) is 5.75. The summed E-state index contributed by atoms with van der Waals surface area (Å²) in [6.07, 6.45) is 1.79. The molecule has 0 aliphatic heterocycles. The van der Waals surface area contributed by atoms with Crippen molar-refractivity contribution in [1.82, 2.24) is 5.43 Å². The van der Waals surface area contributed by atoms with Gasteiger partial charge in [0.1, 0.15) is 6.61 Å². The van der Waals surface area contributed by atoms with Crippen LogP contribution in [0.2, 0.25) is 5.02 Å². The van der Waals surface area contributed by atoms with Gasteiger partial charge in [-0.2, -0.15) is 5.10 Å². The summed E-state index contributed by atoms with van der Waals surface area (Å²) in [7, 11) is 1.56. The lowest BCUT2D eigenvalue weighted by Crippen LogP contribution is -2.19. The second kappa shape index (κ2) is 11.3. The fraction of sp³-hybridized carbons (Fsp3) is 0.130. The molecule has 0 aliphatic rings. The number of hydrazone groups is 1. The molecule has 3 rings (SSSR count). The molecule has 0 aromatic heterocycles.